The van der Waals surface area contributed by atoms with Crippen LogP contribution in [0.4, 0.5) is 4.39 Å². The van der Waals surface area contributed by atoms with Crippen LogP contribution in [-0.2, 0) is 6.42 Å². The molecule has 0 fully saturated rings. The first kappa shape index (κ1) is 12.1. The molecule has 1 aromatic heterocycles. The highest BCUT2D eigenvalue weighted by atomic mass is 19.1. The van der Waals surface area contributed by atoms with Gasteiger partial charge in [0.1, 0.15) is 5.82 Å². The highest BCUT2D eigenvalue weighted by Gasteiger charge is 2.09. The lowest BCUT2D eigenvalue weighted by molar-refractivity contribution is 0.394. The molecule has 1 heterocycles. The van der Waals surface area contributed by atoms with Crippen molar-refractivity contribution in [3.05, 3.63) is 47.9 Å². The van der Waals surface area contributed by atoms with E-state index in [9.17, 15) is 4.39 Å². The summed E-state index contributed by atoms with van der Waals surface area (Å²) in [4.78, 5) is 4.09. The second kappa shape index (κ2) is 5.28. The molecule has 0 aliphatic carbocycles. The van der Waals surface area contributed by atoms with Gasteiger partial charge in [0, 0.05) is 22.9 Å². The van der Waals surface area contributed by atoms with Crippen molar-refractivity contribution in [3.63, 3.8) is 0 Å². The number of pyridine rings is 1. The molecule has 90 valence electrons. The van der Waals surface area contributed by atoms with Gasteiger partial charge < -0.3 is 4.74 Å². The molecule has 2 rings (SSSR count). The van der Waals surface area contributed by atoms with Gasteiger partial charge in [0.25, 0.3) is 0 Å². The second-order valence-electron chi connectivity index (χ2n) is 3.71. The molecule has 4 heteroatoms. The molecule has 0 saturated heterocycles. The summed E-state index contributed by atoms with van der Waals surface area (Å²) in [5.41, 5.74) is 1.76. The summed E-state index contributed by atoms with van der Waals surface area (Å²) in [5, 5.41) is 8.75. The monoisotopic (exact) mass is 242 g/mol. The van der Waals surface area contributed by atoms with Gasteiger partial charge in [-0.1, -0.05) is 18.2 Å². The number of halogens is 1. The minimum Gasteiger partial charge on any atom is -0.481 e. The smallest absolute Gasteiger partial charge is 0.217 e. The number of rotatable bonds is 3. The SMILES string of the molecule is COc1ncc(-c2ccccc2F)cc1CC#N. The third-order valence-electron chi connectivity index (χ3n) is 2.57. The number of aromatic nitrogens is 1. The molecular weight excluding hydrogens is 231 g/mol. The fourth-order valence-corrected chi connectivity index (χ4v) is 1.74. The van der Waals surface area contributed by atoms with Crippen LogP contribution in [0.1, 0.15) is 5.56 Å². The van der Waals surface area contributed by atoms with Gasteiger partial charge >= 0.3 is 0 Å². The largest absolute Gasteiger partial charge is 0.481 e. The molecule has 0 saturated carbocycles. The highest BCUT2D eigenvalue weighted by Crippen LogP contribution is 2.26. The normalized spacial score (nSPS) is 9.83. The van der Waals surface area contributed by atoms with Crippen molar-refractivity contribution >= 4 is 0 Å². The van der Waals surface area contributed by atoms with E-state index in [2.05, 4.69) is 4.98 Å². The summed E-state index contributed by atoms with van der Waals surface area (Å²) in [6, 6.07) is 10.2. The van der Waals surface area contributed by atoms with Crippen LogP contribution in [0.2, 0.25) is 0 Å². The lowest BCUT2D eigenvalue weighted by Gasteiger charge is -2.08. The van der Waals surface area contributed by atoms with Gasteiger partial charge in [-0.2, -0.15) is 5.26 Å². The Kier molecular flexibility index (Phi) is 3.54. The lowest BCUT2D eigenvalue weighted by Crippen LogP contribution is -1.96. The molecule has 1 aromatic carbocycles. The van der Waals surface area contributed by atoms with E-state index in [1.807, 2.05) is 6.07 Å². The predicted octanol–water partition coefficient (Wildman–Crippen LogP) is 2.96. The first-order valence-corrected chi connectivity index (χ1v) is 5.41. The number of hydrogen-bond donors (Lipinski definition) is 0. The quantitative estimate of drug-likeness (QED) is 0.831. The van der Waals surface area contributed by atoms with Crippen LogP contribution in [0.3, 0.4) is 0 Å². The van der Waals surface area contributed by atoms with Crippen molar-refractivity contribution < 1.29 is 9.13 Å². The molecule has 0 amide bonds. The zero-order valence-electron chi connectivity index (χ0n) is 9.85. The molecule has 0 unspecified atom stereocenters. The van der Waals surface area contributed by atoms with Crippen molar-refractivity contribution in [1.29, 1.82) is 5.26 Å². The van der Waals surface area contributed by atoms with Crippen LogP contribution < -0.4 is 4.74 Å². The Balaban J connectivity index is 2.51. The van der Waals surface area contributed by atoms with E-state index >= 15 is 0 Å². The third kappa shape index (κ3) is 2.30. The molecular formula is C14H11FN2O. The van der Waals surface area contributed by atoms with Crippen molar-refractivity contribution in [3.8, 4) is 23.1 Å². The molecule has 2 aromatic rings. The van der Waals surface area contributed by atoms with Crippen molar-refractivity contribution in [2.45, 2.75) is 6.42 Å². The average molecular weight is 242 g/mol. The van der Waals surface area contributed by atoms with Crippen LogP contribution in [0.15, 0.2) is 36.5 Å². The topological polar surface area (TPSA) is 45.9 Å². The van der Waals surface area contributed by atoms with Crippen LogP contribution >= 0.6 is 0 Å². The Morgan fingerprint density at radius 3 is 2.83 bits per heavy atom. The molecule has 0 N–H and O–H groups in total. The summed E-state index contributed by atoms with van der Waals surface area (Å²) in [6.07, 6.45) is 1.72. The van der Waals surface area contributed by atoms with Gasteiger partial charge in [-0.15, -0.1) is 0 Å². The maximum absolute atomic E-state index is 13.7. The van der Waals surface area contributed by atoms with E-state index in [4.69, 9.17) is 10.00 Å². The Morgan fingerprint density at radius 1 is 1.39 bits per heavy atom. The van der Waals surface area contributed by atoms with Crippen molar-refractivity contribution in [2.75, 3.05) is 7.11 Å². The molecule has 0 bridgehead atoms. The lowest BCUT2D eigenvalue weighted by atomic mass is 10.0. The maximum atomic E-state index is 13.7. The summed E-state index contributed by atoms with van der Waals surface area (Å²) in [5.74, 6) is 0.0870. The van der Waals surface area contributed by atoms with Crippen LogP contribution in [-0.4, -0.2) is 12.1 Å². The van der Waals surface area contributed by atoms with Crippen molar-refractivity contribution in [2.24, 2.45) is 0 Å². The number of hydrogen-bond acceptors (Lipinski definition) is 3. The van der Waals surface area contributed by atoms with Crippen LogP contribution in [0, 0.1) is 17.1 Å². The summed E-state index contributed by atoms with van der Waals surface area (Å²) >= 11 is 0. The second-order valence-corrected chi connectivity index (χ2v) is 3.71. The van der Waals surface area contributed by atoms with E-state index in [0.717, 1.165) is 0 Å². The van der Waals surface area contributed by atoms with E-state index in [0.29, 0.717) is 22.6 Å². The van der Waals surface area contributed by atoms with E-state index in [1.54, 1.807) is 24.3 Å². The number of nitriles is 1. The summed E-state index contributed by atoms with van der Waals surface area (Å²) in [7, 11) is 1.49. The van der Waals surface area contributed by atoms with Gasteiger partial charge in [-0.05, 0) is 12.1 Å². The standard InChI is InChI=1S/C14H11FN2O/c1-18-14-10(6-7-16)8-11(9-17-14)12-4-2-3-5-13(12)15/h2-5,8-9H,6H2,1H3. The van der Waals surface area contributed by atoms with Crippen molar-refractivity contribution in [1.82, 2.24) is 4.98 Å². The number of ether oxygens (including phenoxy) is 1. The van der Waals surface area contributed by atoms with E-state index < -0.39 is 0 Å². The molecule has 18 heavy (non-hydrogen) atoms. The zero-order valence-corrected chi connectivity index (χ0v) is 9.85. The minimum absolute atomic E-state index is 0.179. The maximum Gasteiger partial charge on any atom is 0.217 e. The summed E-state index contributed by atoms with van der Waals surface area (Å²) < 4.78 is 18.7. The predicted molar refractivity (Wildman–Crippen MR) is 65.5 cm³/mol. The Labute approximate surface area is 104 Å². The first-order chi connectivity index (χ1) is 8.76. The number of methoxy groups -OCH3 is 1. The Hall–Kier alpha value is -2.41. The Morgan fingerprint density at radius 2 is 2.17 bits per heavy atom. The summed E-state index contributed by atoms with van der Waals surface area (Å²) in [6.45, 7) is 0. The van der Waals surface area contributed by atoms with Gasteiger partial charge in [0.05, 0.1) is 19.6 Å². The molecule has 0 radical (unpaired) electrons. The van der Waals surface area contributed by atoms with E-state index in [1.165, 1.54) is 19.4 Å². The van der Waals surface area contributed by atoms with Crippen LogP contribution in [0.5, 0.6) is 5.88 Å². The van der Waals surface area contributed by atoms with E-state index in [-0.39, 0.29) is 12.2 Å². The number of benzene rings is 1. The Bertz CT molecular complexity index is 605. The van der Waals surface area contributed by atoms with Gasteiger partial charge in [0.15, 0.2) is 0 Å². The zero-order chi connectivity index (χ0) is 13.0. The van der Waals surface area contributed by atoms with Gasteiger partial charge in [0.2, 0.25) is 5.88 Å². The van der Waals surface area contributed by atoms with Gasteiger partial charge in [-0.3, -0.25) is 0 Å². The fraction of sp³-hybridized carbons (Fsp3) is 0.143. The number of nitrogens with zero attached hydrogens (tertiary/aromatic N) is 2. The minimum atomic E-state index is -0.313. The first-order valence-electron chi connectivity index (χ1n) is 5.41. The molecule has 3 nitrogen and oxygen atoms in total. The average Bonchev–Trinajstić information content (AvgIpc) is 2.40. The van der Waals surface area contributed by atoms with Gasteiger partial charge in [-0.25, -0.2) is 9.37 Å². The van der Waals surface area contributed by atoms with Crippen LogP contribution in [0.25, 0.3) is 11.1 Å². The molecule has 0 aliphatic rings. The molecule has 0 aliphatic heterocycles. The highest BCUT2D eigenvalue weighted by molar-refractivity contribution is 5.64. The molecule has 0 spiro atoms. The fourth-order valence-electron chi connectivity index (χ4n) is 1.74. The third-order valence-corrected chi connectivity index (χ3v) is 2.57. The molecule has 0 atom stereocenters.